The topological polar surface area (TPSA) is 47.1 Å². The minimum atomic E-state index is 0.486. The summed E-state index contributed by atoms with van der Waals surface area (Å²) in [7, 11) is 0. The van der Waals surface area contributed by atoms with Gasteiger partial charge < -0.3 is 13.9 Å². The molecule has 0 bridgehead atoms. The Morgan fingerprint density at radius 2 is 0.847 bits per heavy atom. The lowest BCUT2D eigenvalue weighted by molar-refractivity contribution is 0.584. The first-order chi connectivity index (χ1) is 29.2. The van der Waals surface area contributed by atoms with Crippen LogP contribution in [0.2, 0.25) is 0 Å². The summed E-state index contributed by atoms with van der Waals surface area (Å²) in [5.41, 5.74) is 13.2. The van der Waals surface area contributed by atoms with Crippen LogP contribution < -0.4 is 4.90 Å². The molecule has 0 atom stereocenters. The van der Waals surface area contributed by atoms with Crippen molar-refractivity contribution in [3.63, 3.8) is 0 Å². The second-order valence-corrected chi connectivity index (χ2v) is 14.7. The summed E-state index contributed by atoms with van der Waals surface area (Å²) < 4.78 is 8.44. The monoisotopic (exact) mass is 756 g/mol. The molecule has 0 amide bonds. The van der Waals surface area contributed by atoms with Crippen LogP contribution in [0.4, 0.5) is 17.1 Å². The molecular formula is C54H36N4O. The third kappa shape index (κ3) is 6.22. The van der Waals surface area contributed by atoms with Crippen molar-refractivity contribution in [1.29, 1.82) is 0 Å². The highest BCUT2D eigenvalue weighted by molar-refractivity contribution is 6.12. The van der Waals surface area contributed by atoms with E-state index in [1.165, 1.54) is 43.7 Å². The summed E-state index contributed by atoms with van der Waals surface area (Å²) in [6, 6.07) is 77.1. The number of para-hydroxylation sites is 2. The van der Waals surface area contributed by atoms with E-state index < -0.39 is 0 Å². The van der Waals surface area contributed by atoms with Gasteiger partial charge in [-0.15, -0.1) is 10.2 Å². The standard InChI is InChI=1S/C54H36N4O/c1-4-14-39(15-5-1)53-55-56-54(59-53)40-25-31-46(32-26-40)57(43-17-6-2-7-18-43)45-29-23-37(24-30-45)41-27-33-51-49(35-41)50-36-42(48-22-12-16-38-13-10-11-21-47(38)48)28-34-52(50)58(51)44-19-8-3-9-20-44/h1-36H. The fourth-order valence-corrected chi connectivity index (χ4v) is 8.32. The van der Waals surface area contributed by atoms with Gasteiger partial charge in [-0.1, -0.05) is 121 Å². The summed E-state index contributed by atoms with van der Waals surface area (Å²) >= 11 is 0. The number of hydrogen-bond acceptors (Lipinski definition) is 4. The molecule has 0 radical (unpaired) electrons. The van der Waals surface area contributed by atoms with Crippen molar-refractivity contribution in [2.24, 2.45) is 0 Å². The largest absolute Gasteiger partial charge is 0.416 e. The molecule has 0 unspecified atom stereocenters. The smallest absolute Gasteiger partial charge is 0.248 e. The molecule has 278 valence electrons. The van der Waals surface area contributed by atoms with E-state index >= 15 is 0 Å². The molecule has 0 saturated heterocycles. The summed E-state index contributed by atoms with van der Waals surface area (Å²) in [5, 5.41) is 13.6. The van der Waals surface area contributed by atoms with Gasteiger partial charge >= 0.3 is 0 Å². The Balaban J connectivity index is 0.971. The molecule has 0 aliphatic carbocycles. The van der Waals surface area contributed by atoms with Crippen molar-refractivity contribution in [2.45, 2.75) is 0 Å². The predicted octanol–water partition coefficient (Wildman–Crippen LogP) is 14.5. The van der Waals surface area contributed by atoms with Gasteiger partial charge in [-0.05, 0) is 130 Å². The molecule has 11 rings (SSSR count). The fourth-order valence-electron chi connectivity index (χ4n) is 8.32. The van der Waals surface area contributed by atoms with Gasteiger partial charge in [0.2, 0.25) is 11.8 Å². The zero-order valence-corrected chi connectivity index (χ0v) is 32.0. The van der Waals surface area contributed by atoms with E-state index in [1.807, 2.05) is 48.5 Å². The Kier molecular flexibility index (Phi) is 8.41. The van der Waals surface area contributed by atoms with E-state index in [0.717, 1.165) is 45.0 Å². The zero-order valence-electron chi connectivity index (χ0n) is 32.0. The number of fused-ring (bicyclic) bond motifs is 4. The minimum Gasteiger partial charge on any atom is -0.416 e. The van der Waals surface area contributed by atoms with Crippen molar-refractivity contribution in [1.82, 2.24) is 14.8 Å². The molecule has 5 heteroatoms. The van der Waals surface area contributed by atoms with Crippen molar-refractivity contribution in [2.75, 3.05) is 4.90 Å². The maximum Gasteiger partial charge on any atom is 0.248 e. The number of hydrogen-bond donors (Lipinski definition) is 0. The summed E-state index contributed by atoms with van der Waals surface area (Å²) in [5.74, 6) is 0.988. The van der Waals surface area contributed by atoms with E-state index in [0.29, 0.717) is 11.8 Å². The van der Waals surface area contributed by atoms with E-state index in [2.05, 4.69) is 190 Å². The lowest BCUT2D eigenvalue weighted by Crippen LogP contribution is -2.09. The van der Waals surface area contributed by atoms with Crippen molar-refractivity contribution in [3.05, 3.63) is 218 Å². The van der Waals surface area contributed by atoms with Crippen LogP contribution in [-0.4, -0.2) is 14.8 Å². The summed E-state index contributed by atoms with van der Waals surface area (Å²) in [6.07, 6.45) is 0. The summed E-state index contributed by atoms with van der Waals surface area (Å²) in [4.78, 5) is 2.27. The average molecular weight is 757 g/mol. The van der Waals surface area contributed by atoms with Crippen LogP contribution in [-0.2, 0) is 0 Å². The second-order valence-electron chi connectivity index (χ2n) is 14.7. The molecule has 2 aromatic heterocycles. The Bertz CT molecular complexity index is 3240. The molecule has 0 N–H and O–H groups in total. The fraction of sp³-hybridized carbons (Fsp3) is 0. The minimum absolute atomic E-state index is 0.486. The van der Waals surface area contributed by atoms with Gasteiger partial charge in [0.05, 0.1) is 11.0 Å². The Hall–Kier alpha value is -8.02. The third-order valence-corrected chi connectivity index (χ3v) is 11.2. The molecule has 0 saturated carbocycles. The van der Waals surface area contributed by atoms with Crippen LogP contribution in [0.25, 0.3) is 83.4 Å². The average Bonchev–Trinajstić information content (AvgIpc) is 3.94. The van der Waals surface area contributed by atoms with Crippen molar-refractivity contribution in [3.8, 4) is 50.8 Å². The van der Waals surface area contributed by atoms with Crippen LogP contribution in [0.3, 0.4) is 0 Å². The normalized spacial score (nSPS) is 11.4. The number of aromatic nitrogens is 3. The van der Waals surface area contributed by atoms with Crippen LogP contribution in [0.5, 0.6) is 0 Å². The molecule has 0 spiro atoms. The number of rotatable bonds is 8. The van der Waals surface area contributed by atoms with Gasteiger partial charge in [0.15, 0.2) is 0 Å². The molecule has 0 aliphatic heterocycles. The van der Waals surface area contributed by atoms with E-state index in [9.17, 15) is 0 Å². The molecular weight excluding hydrogens is 721 g/mol. The van der Waals surface area contributed by atoms with Gasteiger partial charge in [0.25, 0.3) is 0 Å². The predicted molar refractivity (Wildman–Crippen MR) is 243 cm³/mol. The first kappa shape index (κ1) is 34.2. The van der Waals surface area contributed by atoms with Crippen LogP contribution in [0.15, 0.2) is 223 Å². The lowest BCUT2D eigenvalue weighted by Gasteiger charge is -2.25. The van der Waals surface area contributed by atoms with Crippen LogP contribution in [0, 0.1) is 0 Å². The number of benzene rings is 9. The first-order valence-electron chi connectivity index (χ1n) is 19.8. The highest BCUT2D eigenvalue weighted by atomic mass is 16.4. The highest BCUT2D eigenvalue weighted by Crippen LogP contribution is 2.40. The molecule has 2 heterocycles. The van der Waals surface area contributed by atoms with Crippen molar-refractivity contribution >= 4 is 49.6 Å². The van der Waals surface area contributed by atoms with Crippen LogP contribution in [0.1, 0.15) is 0 Å². The van der Waals surface area contributed by atoms with Gasteiger partial charge in [-0.3, -0.25) is 0 Å². The molecule has 9 aromatic carbocycles. The summed E-state index contributed by atoms with van der Waals surface area (Å²) in [6.45, 7) is 0. The molecule has 11 aromatic rings. The Morgan fingerprint density at radius 1 is 0.356 bits per heavy atom. The third-order valence-electron chi connectivity index (χ3n) is 11.2. The van der Waals surface area contributed by atoms with Gasteiger partial charge in [-0.2, -0.15) is 0 Å². The van der Waals surface area contributed by atoms with E-state index in [-0.39, 0.29) is 0 Å². The van der Waals surface area contributed by atoms with Gasteiger partial charge in [0, 0.05) is 44.6 Å². The zero-order chi connectivity index (χ0) is 39.1. The lowest BCUT2D eigenvalue weighted by atomic mass is 9.96. The van der Waals surface area contributed by atoms with Gasteiger partial charge in [0.1, 0.15) is 0 Å². The number of anilines is 3. The molecule has 5 nitrogen and oxygen atoms in total. The van der Waals surface area contributed by atoms with Crippen molar-refractivity contribution < 1.29 is 4.42 Å². The van der Waals surface area contributed by atoms with Crippen LogP contribution >= 0.6 is 0 Å². The van der Waals surface area contributed by atoms with E-state index in [1.54, 1.807) is 0 Å². The SMILES string of the molecule is c1ccc(-c2nnc(-c3ccc(N(c4ccccc4)c4ccc(-c5ccc6c(c5)c5cc(-c7cccc8ccccc78)ccc5n6-c5ccccc5)cc4)cc3)o2)cc1. The Labute approximate surface area is 341 Å². The molecule has 0 aliphatic rings. The second kappa shape index (κ2) is 14.5. The van der Waals surface area contributed by atoms with Gasteiger partial charge in [-0.25, -0.2) is 0 Å². The molecule has 0 fully saturated rings. The van der Waals surface area contributed by atoms with E-state index in [4.69, 9.17) is 4.42 Å². The Morgan fingerprint density at radius 3 is 1.53 bits per heavy atom. The first-order valence-corrected chi connectivity index (χ1v) is 19.8. The molecule has 59 heavy (non-hydrogen) atoms. The maximum atomic E-state index is 6.06. The number of nitrogens with zero attached hydrogens (tertiary/aromatic N) is 4. The quantitative estimate of drug-likeness (QED) is 0.155. The maximum absolute atomic E-state index is 6.06. The highest BCUT2D eigenvalue weighted by Gasteiger charge is 2.18.